The fourth-order valence-corrected chi connectivity index (χ4v) is 3.25. The number of hydrogen-bond donors (Lipinski definition) is 1. The lowest BCUT2D eigenvalue weighted by atomic mass is 10.1. The Bertz CT molecular complexity index is 189. The molecule has 1 N–H and O–H groups in total. The van der Waals surface area contributed by atoms with Gasteiger partial charge in [-0.1, -0.05) is 6.92 Å². The highest BCUT2D eigenvalue weighted by molar-refractivity contribution is 8.00. The Hall–Kier alpha value is 0.270. The number of nitrogens with zero attached hydrogens (tertiary/aromatic N) is 1. The highest BCUT2D eigenvalue weighted by atomic mass is 32.2. The molecule has 1 rings (SSSR count). The molecule has 2 nitrogen and oxygen atoms in total. The maximum absolute atomic E-state index is 3.55. The van der Waals surface area contributed by atoms with Gasteiger partial charge in [0.2, 0.25) is 0 Å². The summed E-state index contributed by atoms with van der Waals surface area (Å²) in [6.07, 6.45) is 2.60. The van der Waals surface area contributed by atoms with Crippen molar-refractivity contribution in [1.82, 2.24) is 10.2 Å². The van der Waals surface area contributed by atoms with Crippen LogP contribution in [0.25, 0.3) is 0 Å². The van der Waals surface area contributed by atoms with Crippen LogP contribution in [0.1, 0.15) is 40.5 Å². The fourth-order valence-electron chi connectivity index (χ4n) is 2.00. The summed E-state index contributed by atoms with van der Waals surface area (Å²) < 4.78 is 0. The van der Waals surface area contributed by atoms with Crippen LogP contribution in [-0.2, 0) is 0 Å². The quantitative estimate of drug-likeness (QED) is 0.748. The van der Waals surface area contributed by atoms with Gasteiger partial charge < -0.3 is 10.2 Å². The van der Waals surface area contributed by atoms with Crippen molar-refractivity contribution >= 4 is 11.8 Å². The van der Waals surface area contributed by atoms with Crippen molar-refractivity contribution < 1.29 is 0 Å². The second kappa shape index (κ2) is 6.87. The van der Waals surface area contributed by atoms with E-state index in [-0.39, 0.29) is 5.54 Å². The molecular formula is C13H28N2S. The first-order valence-corrected chi connectivity index (χ1v) is 7.65. The van der Waals surface area contributed by atoms with Gasteiger partial charge in [0.15, 0.2) is 0 Å². The van der Waals surface area contributed by atoms with Crippen LogP contribution in [0, 0.1) is 0 Å². The monoisotopic (exact) mass is 244 g/mol. The molecule has 0 aromatic heterocycles. The molecule has 0 aromatic rings. The molecule has 0 saturated carbocycles. The first-order valence-electron chi connectivity index (χ1n) is 6.60. The first kappa shape index (κ1) is 14.3. The van der Waals surface area contributed by atoms with Gasteiger partial charge in [-0.05, 0) is 46.7 Å². The molecule has 16 heavy (non-hydrogen) atoms. The van der Waals surface area contributed by atoms with Crippen molar-refractivity contribution in [2.24, 2.45) is 0 Å². The van der Waals surface area contributed by atoms with Crippen molar-refractivity contribution in [2.45, 2.75) is 51.3 Å². The minimum Gasteiger partial charge on any atom is -0.312 e. The third-order valence-corrected chi connectivity index (χ3v) is 4.36. The van der Waals surface area contributed by atoms with Crippen molar-refractivity contribution in [3.05, 3.63) is 0 Å². The molecule has 3 heteroatoms. The third kappa shape index (κ3) is 6.12. The van der Waals surface area contributed by atoms with Crippen LogP contribution in [0.5, 0.6) is 0 Å². The minimum atomic E-state index is 0.268. The maximum atomic E-state index is 3.55. The summed E-state index contributed by atoms with van der Waals surface area (Å²) in [5, 5.41) is 4.43. The standard InChI is InChI=1S/C13H28N2S/c1-5-12-11-15(9-10-16-12)8-6-7-14-13(2,3)4/h12,14H,5-11H2,1-4H3. The van der Waals surface area contributed by atoms with Crippen LogP contribution in [-0.4, -0.2) is 47.6 Å². The molecule has 1 unspecified atom stereocenters. The van der Waals surface area contributed by atoms with Gasteiger partial charge in [0.25, 0.3) is 0 Å². The van der Waals surface area contributed by atoms with Crippen molar-refractivity contribution in [2.75, 3.05) is 31.9 Å². The Morgan fingerprint density at radius 1 is 1.38 bits per heavy atom. The molecule has 96 valence electrons. The summed E-state index contributed by atoms with van der Waals surface area (Å²) in [7, 11) is 0. The Balaban J connectivity index is 2.08. The van der Waals surface area contributed by atoms with Gasteiger partial charge >= 0.3 is 0 Å². The van der Waals surface area contributed by atoms with Crippen molar-refractivity contribution in [3.63, 3.8) is 0 Å². The van der Waals surface area contributed by atoms with Gasteiger partial charge in [0.1, 0.15) is 0 Å². The van der Waals surface area contributed by atoms with Crippen LogP contribution < -0.4 is 5.32 Å². The van der Waals surface area contributed by atoms with E-state index in [4.69, 9.17) is 0 Å². The summed E-state index contributed by atoms with van der Waals surface area (Å²) in [5.74, 6) is 1.32. The Morgan fingerprint density at radius 3 is 2.75 bits per heavy atom. The lowest BCUT2D eigenvalue weighted by Gasteiger charge is -2.32. The van der Waals surface area contributed by atoms with Gasteiger partial charge in [-0.25, -0.2) is 0 Å². The molecule has 0 aliphatic carbocycles. The molecule has 1 saturated heterocycles. The summed E-state index contributed by atoms with van der Waals surface area (Å²) in [6.45, 7) is 14.0. The van der Waals surface area contributed by atoms with E-state index in [0.717, 1.165) is 11.8 Å². The SMILES string of the molecule is CCC1CN(CCCNC(C)(C)C)CCS1. The Morgan fingerprint density at radius 2 is 2.12 bits per heavy atom. The lowest BCUT2D eigenvalue weighted by molar-refractivity contribution is 0.271. The summed E-state index contributed by atoms with van der Waals surface area (Å²) in [6, 6.07) is 0. The van der Waals surface area contributed by atoms with Crippen LogP contribution in [0.3, 0.4) is 0 Å². The van der Waals surface area contributed by atoms with Crippen LogP contribution in [0.4, 0.5) is 0 Å². The molecule has 0 amide bonds. The average molecular weight is 244 g/mol. The van der Waals surface area contributed by atoms with Crippen molar-refractivity contribution in [1.29, 1.82) is 0 Å². The molecule has 1 aliphatic heterocycles. The highest BCUT2D eigenvalue weighted by Crippen LogP contribution is 2.20. The predicted molar refractivity (Wildman–Crippen MR) is 75.3 cm³/mol. The molecule has 0 bridgehead atoms. The maximum Gasteiger partial charge on any atom is 0.0172 e. The largest absolute Gasteiger partial charge is 0.312 e. The average Bonchev–Trinajstić information content (AvgIpc) is 2.23. The zero-order valence-electron chi connectivity index (χ0n) is 11.4. The van der Waals surface area contributed by atoms with E-state index in [1.54, 1.807) is 0 Å². The van der Waals surface area contributed by atoms with E-state index < -0.39 is 0 Å². The van der Waals surface area contributed by atoms with Gasteiger partial charge in [0, 0.05) is 29.6 Å². The van der Waals surface area contributed by atoms with E-state index in [1.165, 1.54) is 38.2 Å². The highest BCUT2D eigenvalue weighted by Gasteiger charge is 2.18. The molecule has 1 heterocycles. The van der Waals surface area contributed by atoms with E-state index in [0.29, 0.717) is 0 Å². The summed E-state index contributed by atoms with van der Waals surface area (Å²) in [4.78, 5) is 2.63. The normalized spacial score (nSPS) is 23.6. The molecule has 1 aliphatic rings. The topological polar surface area (TPSA) is 15.3 Å². The second-order valence-electron chi connectivity index (χ2n) is 5.73. The number of rotatable bonds is 5. The summed E-state index contributed by atoms with van der Waals surface area (Å²) >= 11 is 2.15. The van der Waals surface area contributed by atoms with Crippen molar-refractivity contribution in [3.8, 4) is 0 Å². The van der Waals surface area contributed by atoms with Crippen LogP contribution in [0.15, 0.2) is 0 Å². The Kier molecular flexibility index (Phi) is 6.16. The van der Waals surface area contributed by atoms with E-state index in [9.17, 15) is 0 Å². The molecule has 1 fully saturated rings. The molecular weight excluding hydrogens is 216 g/mol. The van der Waals surface area contributed by atoms with Crippen LogP contribution in [0.2, 0.25) is 0 Å². The van der Waals surface area contributed by atoms with Gasteiger partial charge in [-0.15, -0.1) is 0 Å². The number of nitrogens with one attached hydrogen (secondary N) is 1. The van der Waals surface area contributed by atoms with Gasteiger partial charge in [-0.3, -0.25) is 0 Å². The van der Waals surface area contributed by atoms with E-state index in [2.05, 4.69) is 49.7 Å². The number of hydrogen-bond acceptors (Lipinski definition) is 3. The lowest BCUT2D eigenvalue weighted by Crippen LogP contribution is -2.41. The van der Waals surface area contributed by atoms with Gasteiger partial charge in [0.05, 0.1) is 0 Å². The molecule has 1 atom stereocenters. The molecule has 0 radical (unpaired) electrons. The third-order valence-electron chi connectivity index (χ3n) is 2.98. The molecule has 0 spiro atoms. The zero-order valence-corrected chi connectivity index (χ0v) is 12.2. The predicted octanol–water partition coefficient (Wildman–Crippen LogP) is 2.59. The fraction of sp³-hybridized carbons (Fsp3) is 1.00. The van der Waals surface area contributed by atoms with Crippen LogP contribution >= 0.6 is 11.8 Å². The smallest absolute Gasteiger partial charge is 0.0172 e. The summed E-state index contributed by atoms with van der Waals surface area (Å²) in [5.41, 5.74) is 0.268. The molecule has 0 aromatic carbocycles. The Labute approximate surface area is 106 Å². The number of thioether (sulfide) groups is 1. The zero-order chi connectivity index (χ0) is 12.0. The van der Waals surface area contributed by atoms with E-state index >= 15 is 0 Å². The van der Waals surface area contributed by atoms with E-state index in [1.807, 2.05) is 0 Å². The van der Waals surface area contributed by atoms with Gasteiger partial charge in [-0.2, -0.15) is 11.8 Å². The second-order valence-corrected chi connectivity index (χ2v) is 7.14. The first-order chi connectivity index (χ1) is 7.51. The minimum absolute atomic E-state index is 0.268.